The second kappa shape index (κ2) is 13.8. The Labute approximate surface area is 190 Å². The molecule has 1 aromatic carbocycles. The number of carboxylic acid groups (broad SMARTS) is 2. The van der Waals surface area contributed by atoms with E-state index in [-0.39, 0.29) is 6.61 Å². The van der Waals surface area contributed by atoms with Crippen LogP contribution in [0.1, 0.15) is 30.2 Å². The summed E-state index contributed by atoms with van der Waals surface area (Å²) in [4.78, 5) is 20.8. The van der Waals surface area contributed by atoms with Gasteiger partial charge in [0.25, 0.3) is 0 Å². The molecule has 32 heavy (non-hydrogen) atoms. The molecule has 0 fully saturated rings. The molecule has 0 aliphatic carbocycles. The van der Waals surface area contributed by atoms with Crippen LogP contribution in [0.3, 0.4) is 0 Å². The summed E-state index contributed by atoms with van der Waals surface area (Å²) in [5.41, 5.74) is 6.80. The molecular formula is C22H31NO8S. The fourth-order valence-electron chi connectivity index (χ4n) is 2.42. The number of aliphatic hydroxyl groups excluding tert-OH is 3. The van der Waals surface area contributed by atoms with Crippen molar-refractivity contribution >= 4 is 23.3 Å². The summed E-state index contributed by atoms with van der Waals surface area (Å²) >= 11 is 1.67. The lowest BCUT2D eigenvalue weighted by atomic mass is 9.98. The molecule has 1 heterocycles. The average Bonchev–Trinajstić information content (AvgIpc) is 3.23. The van der Waals surface area contributed by atoms with Gasteiger partial charge in [0.1, 0.15) is 0 Å². The molecule has 3 atom stereocenters. The molecule has 9 nitrogen and oxygen atoms in total. The zero-order chi connectivity index (χ0) is 24.1. The number of ether oxygens (including phenoxy) is 1. The van der Waals surface area contributed by atoms with E-state index in [1.54, 1.807) is 11.3 Å². The topological polar surface area (TPSA) is 171 Å². The standard InChI is InChI=1S/C18H25NO2S.C4H6O6/c1-18(19,14-20)12-11-16-9-10-17(22-16)21-13-5-8-15-6-3-2-4-7-15;5-1(3(7)8)2(6)4(9)10/h2-4,6-7,9-10,20H,5,8,11-14,19H2,1H3;1-2,5-6H,(H,7,8)(H,9,10)/t18-;/m1./s1. The molecule has 0 saturated heterocycles. The Bertz CT molecular complexity index is 806. The summed E-state index contributed by atoms with van der Waals surface area (Å²) in [7, 11) is 0. The number of carboxylic acids is 2. The third kappa shape index (κ3) is 10.7. The van der Waals surface area contributed by atoms with Crippen LogP contribution in [0.4, 0.5) is 0 Å². The highest BCUT2D eigenvalue weighted by Gasteiger charge is 2.29. The molecule has 0 amide bonds. The first-order chi connectivity index (χ1) is 15.1. The minimum atomic E-state index is -2.27. The van der Waals surface area contributed by atoms with Crippen molar-refractivity contribution in [3.05, 3.63) is 52.9 Å². The third-order valence-electron chi connectivity index (χ3n) is 4.44. The van der Waals surface area contributed by atoms with Gasteiger partial charge in [-0.15, -0.1) is 11.3 Å². The fourth-order valence-corrected chi connectivity index (χ4v) is 3.30. The molecule has 0 aliphatic heterocycles. The maximum Gasteiger partial charge on any atom is 0.335 e. The van der Waals surface area contributed by atoms with Crippen LogP contribution < -0.4 is 10.5 Å². The number of carbonyl (C=O) groups is 2. The van der Waals surface area contributed by atoms with Crippen LogP contribution in [-0.2, 0) is 22.4 Å². The van der Waals surface area contributed by atoms with Gasteiger partial charge in [-0.05, 0) is 50.3 Å². The van der Waals surface area contributed by atoms with Crippen LogP contribution >= 0.6 is 11.3 Å². The van der Waals surface area contributed by atoms with Crippen molar-refractivity contribution in [2.75, 3.05) is 13.2 Å². The van der Waals surface area contributed by atoms with Crippen molar-refractivity contribution < 1.29 is 39.9 Å². The lowest BCUT2D eigenvalue weighted by Crippen LogP contribution is -2.40. The maximum absolute atomic E-state index is 9.77. The Balaban J connectivity index is 0.000000433. The van der Waals surface area contributed by atoms with E-state index >= 15 is 0 Å². The summed E-state index contributed by atoms with van der Waals surface area (Å²) < 4.78 is 5.80. The molecule has 2 unspecified atom stereocenters. The summed E-state index contributed by atoms with van der Waals surface area (Å²) in [6, 6.07) is 14.6. The minimum Gasteiger partial charge on any atom is -0.484 e. The first-order valence-electron chi connectivity index (χ1n) is 10.0. The maximum atomic E-state index is 9.77. The molecule has 0 spiro atoms. The molecule has 7 N–H and O–H groups in total. The second-order valence-corrected chi connectivity index (χ2v) is 8.67. The van der Waals surface area contributed by atoms with Gasteiger partial charge in [0.2, 0.25) is 0 Å². The van der Waals surface area contributed by atoms with E-state index in [2.05, 4.69) is 30.3 Å². The number of benzene rings is 1. The van der Waals surface area contributed by atoms with E-state index in [0.717, 1.165) is 37.4 Å². The van der Waals surface area contributed by atoms with Crippen LogP contribution in [-0.4, -0.2) is 68.4 Å². The molecule has 0 aliphatic rings. The van der Waals surface area contributed by atoms with Crippen molar-refractivity contribution in [2.24, 2.45) is 5.73 Å². The number of hydrogen-bond acceptors (Lipinski definition) is 8. The van der Waals surface area contributed by atoms with Gasteiger partial charge < -0.3 is 36.0 Å². The van der Waals surface area contributed by atoms with Crippen LogP contribution in [0.2, 0.25) is 0 Å². The van der Waals surface area contributed by atoms with Crippen LogP contribution in [0.15, 0.2) is 42.5 Å². The SMILES string of the molecule is C[C@](N)(CO)CCc1ccc(OCCCc2ccccc2)s1.O=C(O)C(O)C(O)C(=O)O. The van der Waals surface area contributed by atoms with Crippen molar-refractivity contribution in [1.82, 2.24) is 0 Å². The van der Waals surface area contributed by atoms with E-state index < -0.39 is 29.7 Å². The number of aliphatic hydroxyl groups is 3. The molecule has 178 valence electrons. The van der Waals surface area contributed by atoms with Gasteiger partial charge in [-0.25, -0.2) is 9.59 Å². The number of thiophene rings is 1. The Morgan fingerprint density at radius 2 is 1.62 bits per heavy atom. The zero-order valence-electron chi connectivity index (χ0n) is 17.9. The third-order valence-corrected chi connectivity index (χ3v) is 5.50. The molecule has 10 heteroatoms. The normalized spacial score (nSPS) is 14.4. The van der Waals surface area contributed by atoms with Crippen molar-refractivity contribution in [2.45, 2.75) is 50.4 Å². The monoisotopic (exact) mass is 469 g/mol. The van der Waals surface area contributed by atoms with Gasteiger partial charge in [-0.3, -0.25) is 0 Å². The molecular weight excluding hydrogens is 438 g/mol. The lowest BCUT2D eigenvalue weighted by molar-refractivity contribution is -0.165. The number of hydrogen-bond donors (Lipinski definition) is 6. The van der Waals surface area contributed by atoms with E-state index in [0.29, 0.717) is 0 Å². The number of rotatable bonds is 12. The van der Waals surface area contributed by atoms with Crippen molar-refractivity contribution in [1.29, 1.82) is 0 Å². The Kier molecular flexibility index (Phi) is 11.9. The highest BCUT2D eigenvalue weighted by atomic mass is 32.1. The van der Waals surface area contributed by atoms with Gasteiger partial charge in [0.15, 0.2) is 17.3 Å². The fraction of sp³-hybridized carbons (Fsp3) is 0.455. The van der Waals surface area contributed by atoms with Crippen molar-refractivity contribution in [3.63, 3.8) is 0 Å². The Hall–Kier alpha value is -2.50. The lowest BCUT2D eigenvalue weighted by Gasteiger charge is -2.20. The minimum absolute atomic E-state index is 0.0151. The summed E-state index contributed by atoms with van der Waals surface area (Å²) in [5.74, 6) is -3.54. The number of aryl methyl sites for hydroxylation is 2. The molecule has 2 rings (SSSR count). The molecule has 0 saturated carbocycles. The summed E-state index contributed by atoms with van der Waals surface area (Å²) in [6.45, 7) is 2.63. The van der Waals surface area contributed by atoms with E-state index in [1.165, 1.54) is 10.4 Å². The molecule has 0 radical (unpaired) electrons. The Morgan fingerprint density at radius 1 is 1.03 bits per heavy atom. The number of nitrogens with two attached hydrogens (primary N) is 1. The smallest absolute Gasteiger partial charge is 0.335 e. The van der Waals surface area contributed by atoms with Crippen LogP contribution in [0.5, 0.6) is 5.06 Å². The van der Waals surface area contributed by atoms with E-state index in [9.17, 15) is 9.59 Å². The van der Waals surface area contributed by atoms with E-state index in [4.69, 9.17) is 36.0 Å². The first kappa shape index (κ1) is 27.5. The predicted molar refractivity (Wildman–Crippen MR) is 120 cm³/mol. The second-order valence-electron chi connectivity index (χ2n) is 7.54. The summed E-state index contributed by atoms with van der Waals surface area (Å²) in [5, 5.41) is 42.7. The summed E-state index contributed by atoms with van der Waals surface area (Å²) in [6.07, 6.45) is -0.817. The zero-order valence-corrected chi connectivity index (χ0v) is 18.7. The highest BCUT2D eigenvalue weighted by molar-refractivity contribution is 7.13. The van der Waals surface area contributed by atoms with Crippen molar-refractivity contribution in [3.8, 4) is 5.06 Å². The molecule has 1 aromatic heterocycles. The van der Waals surface area contributed by atoms with E-state index in [1.807, 2.05) is 19.1 Å². The molecule has 0 bridgehead atoms. The average molecular weight is 470 g/mol. The van der Waals surface area contributed by atoms with Gasteiger partial charge >= 0.3 is 11.9 Å². The quantitative estimate of drug-likeness (QED) is 0.251. The van der Waals surface area contributed by atoms with Gasteiger partial charge in [-0.1, -0.05) is 30.3 Å². The molecule has 2 aromatic rings. The van der Waals surface area contributed by atoms with Gasteiger partial charge in [0, 0.05) is 10.4 Å². The predicted octanol–water partition coefficient (Wildman–Crippen LogP) is 1.28. The number of aliphatic carboxylic acids is 2. The van der Waals surface area contributed by atoms with Crippen LogP contribution in [0.25, 0.3) is 0 Å². The largest absolute Gasteiger partial charge is 0.484 e. The Morgan fingerprint density at radius 3 is 2.16 bits per heavy atom. The van der Waals surface area contributed by atoms with Crippen LogP contribution in [0, 0.1) is 0 Å². The van der Waals surface area contributed by atoms with Gasteiger partial charge in [0.05, 0.1) is 13.2 Å². The van der Waals surface area contributed by atoms with Gasteiger partial charge in [-0.2, -0.15) is 0 Å². The first-order valence-corrected chi connectivity index (χ1v) is 10.8. The highest BCUT2D eigenvalue weighted by Crippen LogP contribution is 2.26.